The Hall–Kier alpha value is -3.20. The van der Waals surface area contributed by atoms with Crippen molar-refractivity contribution in [2.24, 2.45) is 0 Å². The molecule has 0 saturated heterocycles. The number of nitrogens with zero attached hydrogens (tertiary/aromatic N) is 5. The number of carbonyl (C=O) groups is 1. The highest BCUT2D eigenvalue weighted by Gasteiger charge is 2.17. The molecule has 0 atom stereocenters. The van der Waals surface area contributed by atoms with Crippen molar-refractivity contribution in [1.29, 1.82) is 0 Å². The summed E-state index contributed by atoms with van der Waals surface area (Å²) in [4.78, 5) is 32.7. The van der Waals surface area contributed by atoms with Crippen molar-refractivity contribution in [2.75, 3.05) is 7.05 Å². The number of fused-ring (bicyclic) bond motifs is 3. The number of rotatable bonds is 1. The van der Waals surface area contributed by atoms with Crippen molar-refractivity contribution in [2.45, 2.75) is 0 Å². The predicted octanol–water partition coefficient (Wildman–Crippen LogP) is 1.30. The van der Waals surface area contributed by atoms with Gasteiger partial charge in [-0.15, -0.1) is 0 Å². The van der Waals surface area contributed by atoms with Crippen LogP contribution >= 0.6 is 11.6 Å². The van der Waals surface area contributed by atoms with E-state index < -0.39 is 6.03 Å². The fraction of sp³-hybridized carbons (Fsp3) is 0.0714. The van der Waals surface area contributed by atoms with E-state index >= 15 is 0 Å². The Morgan fingerprint density at radius 3 is 2.75 bits per heavy atom. The molecular weight excluding hydrogens is 334 g/mol. The zero-order chi connectivity index (χ0) is 16.8. The van der Waals surface area contributed by atoms with Gasteiger partial charge in [-0.25, -0.2) is 19.4 Å². The summed E-state index contributed by atoms with van der Waals surface area (Å²) in [5.74, 6) is 0.396. The number of aromatic nitrogens is 6. The van der Waals surface area contributed by atoms with Crippen LogP contribution in [0.5, 0.6) is 0 Å². The van der Waals surface area contributed by atoms with Gasteiger partial charge in [-0.05, 0) is 12.1 Å². The monoisotopic (exact) mass is 343 g/mol. The van der Waals surface area contributed by atoms with Gasteiger partial charge in [0.2, 0.25) is 0 Å². The SMILES string of the molecule is CNC(=O)n1ncc2c3[nH]n(-c4ccc(Cl)cn4)c(=O)c3cnc21. The number of H-pyrrole nitrogens is 1. The fourth-order valence-electron chi connectivity index (χ4n) is 2.46. The summed E-state index contributed by atoms with van der Waals surface area (Å²) in [5.41, 5.74) is 0.568. The van der Waals surface area contributed by atoms with Crippen LogP contribution in [0.2, 0.25) is 5.02 Å². The molecule has 0 aliphatic heterocycles. The minimum absolute atomic E-state index is 0.304. The smallest absolute Gasteiger partial charge is 0.339 e. The molecule has 4 heterocycles. The maximum absolute atomic E-state index is 12.6. The van der Waals surface area contributed by atoms with E-state index in [9.17, 15) is 9.59 Å². The Morgan fingerprint density at radius 1 is 1.21 bits per heavy atom. The molecular formula is C14H10ClN7O2. The van der Waals surface area contributed by atoms with E-state index in [4.69, 9.17) is 11.6 Å². The minimum atomic E-state index is -0.419. The zero-order valence-corrected chi connectivity index (χ0v) is 13.1. The predicted molar refractivity (Wildman–Crippen MR) is 87.6 cm³/mol. The van der Waals surface area contributed by atoms with Crippen LogP contribution in [0.3, 0.4) is 0 Å². The number of pyridine rings is 2. The largest absolute Gasteiger partial charge is 0.343 e. The molecule has 9 nitrogen and oxygen atoms in total. The lowest BCUT2D eigenvalue weighted by molar-refractivity contribution is 0.242. The number of nitrogens with one attached hydrogen (secondary N) is 2. The lowest BCUT2D eigenvalue weighted by Crippen LogP contribution is -2.25. The van der Waals surface area contributed by atoms with Gasteiger partial charge in [0.1, 0.15) is 0 Å². The first-order valence-electron chi connectivity index (χ1n) is 6.91. The Balaban J connectivity index is 1.99. The first-order valence-corrected chi connectivity index (χ1v) is 7.29. The van der Waals surface area contributed by atoms with Crippen LogP contribution < -0.4 is 10.9 Å². The third-order valence-corrected chi connectivity index (χ3v) is 3.83. The molecule has 0 bridgehead atoms. The summed E-state index contributed by atoms with van der Waals surface area (Å²) in [6, 6.07) is 2.84. The normalized spacial score (nSPS) is 11.2. The van der Waals surface area contributed by atoms with Crippen molar-refractivity contribution in [3.8, 4) is 5.82 Å². The lowest BCUT2D eigenvalue weighted by Gasteiger charge is -1.99. The number of hydrogen-bond acceptors (Lipinski definition) is 5. The lowest BCUT2D eigenvalue weighted by atomic mass is 10.2. The summed E-state index contributed by atoms with van der Waals surface area (Å²) in [7, 11) is 1.50. The van der Waals surface area contributed by atoms with Crippen molar-refractivity contribution in [3.05, 3.63) is 46.1 Å². The van der Waals surface area contributed by atoms with E-state index in [1.54, 1.807) is 12.1 Å². The molecule has 0 saturated carbocycles. The molecule has 4 aromatic heterocycles. The van der Waals surface area contributed by atoms with Gasteiger partial charge in [-0.3, -0.25) is 9.89 Å². The second kappa shape index (κ2) is 5.17. The van der Waals surface area contributed by atoms with Crippen LogP contribution in [0, 0.1) is 0 Å². The maximum atomic E-state index is 12.6. The van der Waals surface area contributed by atoms with Crippen molar-refractivity contribution in [1.82, 2.24) is 34.8 Å². The van der Waals surface area contributed by atoms with Crippen LogP contribution in [0.1, 0.15) is 0 Å². The minimum Gasteiger partial charge on any atom is -0.339 e. The van der Waals surface area contributed by atoms with E-state index in [-0.39, 0.29) is 5.56 Å². The zero-order valence-electron chi connectivity index (χ0n) is 12.3. The highest BCUT2D eigenvalue weighted by atomic mass is 35.5. The van der Waals surface area contributed by atoms with Gasteiger partial charge in [0.05, 0.1) is 27.5 Å². The molecule has 2 N–H and O–H groups in total. The molecule has 0 aliphatic carbocycles. The molecule has 0 unspecified atom stereocenters. The van der Waals surface area contributed by atoms with E-state index in [1.807, 2.05) is 0 Å². The molecule has 0 fully saturated rings. The summed E-state index contributed by atoms with van der Waals surface area (Å²) in [6.07, 6.45) is 4.34. The number of carbonyl (C=O) groups excluding carboxylic acids is 1. The summed E-state index contributed by atoms with van der Waals surface area (Å²) < 4.78 is 2.42. The van der Waals surface area contributed by atoms with E-state index in [0.29, 0.717) is 32.8 Å². The van der Waals surface area contributed by atoms with Gasteiger partial charge in [0.25, 0.3) is 5.56 Å². The fourth-order valence-corrected chi connectivity index (χ4v) is 2.57. The van der Waals surface area contributed by atoms with Gasteiger partial charge in [-0.1, -0.05) is 11.6 Å². The highest BCUT2D eigenvalue weighted by molar-refractivity contribution is 6.30. The van der Waals surface area contributed by atoms with Crippen molar-refractivity contribution >= 4 is 39.6 Å². The molecule has 24 heavy (non-hydrogen) atoms. The second-order valence-corrected chi connectivity index (χ2v) is 5.42. The third kappa shape index (κ3) is 1.98. The average Bonchev–Trinajstić information content (AvgIpc) is 3.16. The first kappa shape index (κ1) is 14.4. The Kier molecular flexibility index (Phi) is 3.10. The topological polar surface area (TPSA) is 110 Å². The van der Waals surface area contributed by atoms with Crippen molar-refractivity contribution < 1.29 is 4.79 Å². The molecule has 0 radical (unpaired) electrons. The van der Waals surface area contributed by atoms with Crippen LogP contribution in [-0.4, -0.2) is 42.6 Å². The van der Waals surface area contributed by atoms with Gasteiger partial charge in [-0.2, -0.15) is 9.78 Å². The first-order chi connectivity index (χ1) is 11.6. The third-order valence-electron chi connectivity index (χ3n) is 3.60. The summed E-state index contributed by atoms with van der Waals surface area (Å²) in [5, 5.41) is 10.9. The maximum Gasteiger partial charge on any atom is 0.343 e. The van der Waals surface area contributed by atoms with Crippen LogP contribution in [0.25, 0.3) is 27.8 Å². The van der Waals surface area contributed by atoms with Gasteiger partial charge in [0.15, 0.2) is 11.5 Å². The quantitative estimate of drug-likeness (QED) is 0.541. The van der Waals surface area contributed by atoms with Crippen molar-refractivity contribution in [3.63, 3.8) is 0 Å². The van der Waals surface area contributed by atoms with Crippen LogP contribution in [0.15, 0.2) is 35.5 Å². The van der Waals surface area contributed by atoms with Gasteiger partial charge >= 0.3 is 6.03 Å². The molecule has 0 aromatic carbocycles. The highest BCUT2D eigenvalue weighted by Crippen LogP contribution is 2.20. The second-order valence-electron chi connectivity index (χ2n) is 4.98. The van der Waals surface area contributed by atoms with Crippen LogP contribution in [0.4, 0.5) is 4.79 Å². The molecule has 4 rings (SSSR count). The van der Waals surface area contributed by atoms with E-state index in [2.05, 4.69) is 25.5 Å². The average molecular weight is 344 g/mol. The summed E-state index contributed by atoms with van der Waals surface area (Å²) in [6.45, 7) is 0. The molecule has 120 valence electrons. The van der Waals surface area contributed by atoms with Gasteiger partial charge < -0.3 is 5.32 Å². The standard InChI is InChI=1S/C14H10ClN7O2/c1-16-14(24)22-12-8(6-19-22)11-9(5-18-12)13(23)21(20-11)10-3-2-7(15)4-17-10/h2-6,20H,1H3,(H,16,24). The molecule has 4 aromatic rings. The number of amides is 1. The number of halogens is 1. The molecule has 0 aliphatic rings. The number of aromatic amines is 1. The molecule has 1 amide bonds. The Bertz CT molecular complexity index is 1140. The van der Waals surface area contributed by atoms with E-state index in [1.165, 1.54) is 30.3 Å². The Labute approximate surface area is 138 Å². The molecule has 0 spiro atoms. The van der Waals surface area contributed by atoms with E-state index in [0.717, 1.165) is 4.68 Å². The van der Waals surface area contributed by atoms with Crippen LogP contribution in [-0.2, 0) is 0 Å². The molecule has 10 heteroatoms. The summed E-state index contributed by atoms with van der Waals surface area (Å²) >= 11 is 5.82. The van der Waals surface area contributed by atoms with Gasteiger partial charge in [0, 0.05) is 19.4 Å². The number of hydrogen-bond donors (Lipinski definition) is 2. The Morgan fingerprint density at radius 2 is 2.04 bits per heavy atom.